The molecule has 0 spiro atoms. The summed E-state index contributed by atoms with van der Waals surface area (Å²) in [5.74, 6) is 1.10. The van der Waals surface area contributed by atoms with Gasteiger partial charge >= 0.3 is 6.09 Å². The number of morpholine rings is 1. The number of amides is 2. The molecule has 9 heteroatoms. The van der Waals surface area contributed by atoms with Gasteiger partial charge in [0.15, 0.2) is 11.4 Å². The fraction of sp³-hybridized carbons (Fsp3) is 0.650. The van der Waals surface area contributed by atoms with Gasteiger partial charge in [0.2, 0.25) is 0 Å². The number of hydrogen-bond acceptors (Lipinski definition) is 7. The summed E-state index contributed by atoms with van der Waals surface area (Å²) in [4.78, 5) is 35.8. The van der Waals surface area contributed by atoms with E-state index in [1.54, 1.807) is 9.80 Å². The molecule has 4 heterocycles. The first-order valence-corrected chi connectivity index (χ1v) is 10.1. The lowest BCUT2D eigenvalue weighted by Crippen LogP contribution is -2.58. The van der Waals surface area contributed by atoms with Crippen LogP contribution in [-0.4, -0.2) is 91.0 Å². The molecule has 0 radical (unpaired) electrons. The minimum absolute atomic E-state index is 0.151. The number of nitrogens with zero attached hydrogens (tertiary/aromatic N) is 4. The maximum atomic E-state index is 13.2. The van der Waals surface area contributed by atoms with Gasteiger partial charge in [-0.25, -0.2) is 9.78 Å². The van der Waals surface area contributed by atoms with Crippen molar-refractivity contribution in [1.82, 2.24) is 14.8 Å². The van der Waals surface area contributed by atoms with Crippen molar-refractivity contribution in [2.45, 2.75) is 32.4 Å². The van der Waals surface area contributed by atoms with Gasteiger partial charge in [0, 0.05) is 32.7 Å². The van der Waals surface area contributed by atoms with E-state index in [-0.39, 0.29) is 18.0 Å². The second-order valence-corrected chi connectivity index (χ2v) is 8.51. The Morgan fingerprint density at radius 2 is 1.93 bits per heavy atom. The molecular formula is C20H28N4O5. The molecule has 3 aliphatic rings. The first-order chi connectivity index (χ1) is 13.8. The zero-order valence-electron chi connectivity index (χ0n) is 17.2. The first kappa shape index (κ1) is 19.8. The van der Waals surface area contributed by atoms with Gasteiger partial charge in [0.1, 0.15) is 18.0 Å². The lowest BCUT2D eigenvalue weighted by molar-refractivity contribution is 0.000895. The molecule has 0 aromatic carbocycles. The van der Waals surface area contributed by atoms with Crippen LogP contribution in [-0.2, 0) is 9.47 Å². The van der Waals surface area contributed by atoms with Crippen LogP contribution in [0.3, 0.4) is 0 Å². The van der Waals surface area contributed by atoms with Crippen molar-refractivity contribution in [1.29, 1.82) is 0 Å². The van der Waals surface area contributed by atoms with E-state index in [4.69, 9.17) is 14.2 Å². The zero-order chi connectivity index (χ0) is 20.6. The quantitative estimate of drug-likeness (QED) is 0.699. The van der Waals surface area contributed by atoms with Gasteiger partial charge in [0.05, 0.1) is 19.3 Å². The van der Waals surface area contributed by atoms with Crippen LogP contribution in [0.2, 0.25) is 0 Å². The molecule has 4 rings (SSSR count). The Labute approximate surface area is 170 Å². The van der Waals surface area contributed by atoms with Crippen molar-refractivity contribution >= 4 is 17.8 Å². The molecule has 0 aliphatic carbocycles. The van der Waals surface area contributed by atoms with Crippen LogP contribution in [0.5, 0.6) is 5.75 Å². The van der Waals surface area contributed by atoms with Gasteiger partial charge < -0.3 is 28.9 Å². The van der Waals surface area contributed by atoms with Crippen molar-refractivity contribution in [3.05, 3.63) is 17.8 Å². The molecule has 0 N–H and O–H groups in total. The number of aromatic nitrogens is 1. The SMILES string of the molecule is CC(C)(C)OC(=O)N1CCN2C(=O)c3nc(N4CCOCC4)ccc3OCC2C1. The molecule has 2 fully saturated rings. The van der Waals surface area contributed by atoms with E-state index < -0.39 is 5.60 Å². The Kier molecular flexibility index (Phi) is 5.24. The van der Waals surface area contributed by atoms with Crippen LogP contribution >= 0.6 is 0 Å². The van der Waals surface area contributed by atoms with Gasteiger partial charge in [-0.15, -0.1) is 0 Å². The summed E-state index contributed by atoms with van der Waals surface area (Å²) >= 11 is 0. The van der Waals surface area contributed by atoms with E-state index in [0.29, 0.717) is 50.9 Å². The molecule has 2 saturated heterocycles. The number of piperazine rings is 1. The number of rotatable bonds is 1. The highest BCUT2D eigenvalue weighted by Gasteiger charge is 2.38. The molecule has 0 bridgehead atoms. The normalized spacial score (nSPS) is 22.4. The maximum absolute atomic E-state index is 13.2. The summed E-state index contributed by atoms with van der Waals surface area (Å²) in [6.45, 7) is 9.87. The highest BCUT2D eigenvalue weighted by molar-refractivity contribution is 5.96. The summed E-state index contributed by atoms with van der Waals surface area (Å²) in [5, 5.41) is 0. The molecule has 0 saturated carbocycles. The third-order valence-electron chi connectivity index (χ3n) is 5.21. The number of pyridine rings is 1. The van der Waals surface area contributed by atoms with Crippen molar-refractivity contribution in [3.8, 4) is 5.75 Å². The predicted octanol–water partition coefficient (Wildman–Crippen LogP) is 1.37. The first-order valence-electron chi connectivity index (χ1n) is 10.1. The Bertz CT molecular complexity index is 788. The molecule has 158 valence electrons. The lowest BCUT2D eigenvalue weighted by Gasteiger charge is -2.40. The molecule has 29 heavy (non-hydrogen) atoms. The Balaban J connectivity index is 1.50. The Morgan fingerprint density at radius 3 is 2.66 bits per heavy atom. The number of carbonyl (C=O) groups excluding carboxylic acids is 2. The molecule has 2 amide bonds. The highest BCUT2D eigenvalue weighted by atomic mass is 16.6. The van der Waals surface area contributed by atoms with E-state index in [2.05, 4.69) is 9.88 Å². The third kappa shape index (κ3) is 4.24. The summed E-state index contributed by atoms with van der Waals surface area (Å²) in [6.07, 6.45) is -0.362. The minimum Gasteiger partial charge on any atom is -0.489 e. The standard InChI is InChI=1S/C20H28N4O5/c1-20(2,3)29-19(26)23-6-7-24-14(12-23)13-28-15-4-5-16(21-17(15)18(24)25)22-8-10-27-11-9-22/h4-5,14H,6-13H2,1-3H3. The number of fused-ring (bicyclic) bond motifs is 2. The molecule has 3 aliphatic heterocycles. The third-order valence-corrected chi connectivity index (χ3v) is 5.21. The smallest absolute Gasteiger partial charge is 0.410 e. The van der Waals surface area contributed by atoms with Crippen LogP contribution in [0.1, 0.15) is 31.3 Å². The van der Waals surface area contributed by atoms with E-state index >= 15 is 0 Å². The van der Waals surface area contributed by atoms with Crippen molar-refractivity contribution in [3.63, 3.8) is 0 Å². The number of carbonyl (C=O) groups is 2. The van der Waals surface area contributed by atoms with E-state index in [0.717, 1.165) is 18.9 Å². The Hall–Kier alpha value is -2.55. The lowest BCUT2D eigenvalue weighted by atomic mass is 10.1. The predicted molar refractivity (Wildman–Crippen MR) is 105 cm³/mol. The average Bonchev–Trinajstić information content (AvgIpc) is 2.84. The van der Waals surface area contributed by atoms with Gasteiger partial charge in [-0.2, -0.15) is 0 Å². The second-order valence-electron chi connectivity index (χ2n) is 8.51. The molecule has 1 unspecified atom stereocenters. The van der Waals surface area contributed by atoms with Crippen LogP contribution in [0.4, 0.5) is 10.6 Å². The van der Waals surface area contributed by atoms with Gasteiger partial charge in [0.25, 0.3) is 5.91 Å². The topological polar surface area (TPSA) is 84.4 Å². The zero-order valence-corrected chi connectivity index (χ0v) is 17.2. The van der Waals surface area contributed by atoms with Crippen molar-refractivity contribution in [2.24, 2.45) is 0 Å². The summed E-state index contributed by atoms with van der Waals surface area (Å²) in [6, 6.07) is 3.47. The number of anilines is 1. The minimum atomic E-state index is -0.556. The van der Waals surface area contributed by atoms with Crippen LogP contribution in [0.25, 0.3) is 0 Å². The molecule has 9 nitrogen and oxygen atoms in total. The Morgan fingerprint density at radius 1 is 1.17 bits per heavy atom. The largest absolute Gasteiger partial charge is 0.489 e. The van der Waals surface area contributed by atoms with E-state index in [9.17, 15) is 9.59 Å². The van der Waals surface area contributed by atoms with Gasteiger partial charge in [-0.1, -0.05) is 0 Å². The highest BCUT2D eigenvalue weighted by Crippen LogP contribution is 2.28. The van der Waals surface area contributed by atoms with E-state index in [1.165, 1.54) is 0 Å². The van der Waals surface area contributed by atoms with Crippen LogP contribution in [0.15, 0.2) is 12.1 Å². The van der Waals surface area contributed by atoms with Crippen LogP contribution in [0, 0.1) is 0 Å². The molecule has 1 aromatic heterocycles. The van der Waals surface area contributed by atoms with E-state index in [1.807, 2.05) is 32.9 Å². The molecular weight excluding hydrogens is 376 g/mol. The van der Waals surface area contributed by atoms with Gasteiger partial charge in [-0.3, -0.25) is 4.79 Å². The summed E-state index contributed by atoms with van der Waals surface area (Å²) in [7, 11) is 0. The fourth-order valence-corrected chi connectivity index (χ4v) is 3.75. The molecule has 1 atom stereocenters. The number of ether oxygens (including phenoxy) is 3. The van der Waals surface area contributed by atoms with Crippen molar-refractivity contribution < 1.29 is 23.8 Å². The number of hydrogen-bond donors (Lipinski definition) is 0. The fourth-order valence-electron chi connectivity index (χ4n) is 3.75. The molecule has 1 aromatic rings. The second kappa shape index (κ2) is 7.70. The van der Waals surface area contributed by atoms with Crippen molar-refractivity contribution in [2.75, 3.05) is 57.4 Å². The summed E-state index contributed by atoms with van der Waals surface area (Å²) < 4.78 is 16.8. The maximum Gasteiger partial charge on any atom is 0.410 e. The van der Waals surface area contributed by atoms with Gasteiger partial charge in [-0.05, 0) is 32.9 Å². The van der Waals surface area contributed by atoms with Crippen LogP contribution < -0.4 is 9.64 Å². The average molecular weight is 404 g/mol. The summed E-state index contributed by atoms with van der Waals surface area (Å²) in [5.41, 5.74) is -0.220. The monoisotopic (exact) mass is 404 g/mol.